The highest BCUT2D eigenvalue weighted by molar-refractivity contribution is 5.70. The lowest BCUT2D eigenvalue weighted by atomic mass is 9.95. The zero-order valence-corrected chi connectivity index (χ0v) is 10.8. The lowest BCUT2D eigenvalue weighted by Crippen LogP contribution is -2.16. The van der Waals surface area contributed by atoms with Crippen molar-refractivity contribution in [2.75, 3.05) is 6.61 Å². The molecular formula is C14H20O4. The van der Waals surface area contributed by atoms with Crippen molar-refractivity contribution < 1.29 is 19.7 Å². The van der Waals surface area contributed by atoms with Crippen LogP contribution in [0.3, 0.4) is 0 Å². The second-order valence-electron chi connectivity index (χ2n) is 4.26. The molecule has 0 saturated heterocycles. The molecule has 0 saturated carbocycles. The fourth-order valence-corrected chi connectivity index (χ4v) is 1.90. The van der Waals surface area contributed by atoms with E-state index in [2.05, 4.69) is 0 Å². The van der Waals surface area contributed by atoms with E-state index in [9.17, 15) is 9.90 Å². The van der Waals surface area contributed by atoms with Gasteiger partial charge in [0.2, 0.25) is 0 Å². The van der Waals surface area contributed by atoms with Gasteiger partial charge < -0.3 is 14.9 Å². The molecule has 1 atom stereocenters. The molecule has 0 bridgehead atoms. The minimum Gasteiger partial charge on any atom is -0.504 e. The maximum Gasteiger partial charge on any atom is 0.306 e. The minimum absolute atomic E-state index is 0.0861. The Morgan fingerprint density at radius 3 is 2.67 bits per heavy atom. The first kappa shape index (κ1) is 14.4. The number of aliphatic carboxylic acids is 1. The van der Waals surface area contributed by atoms with Crippen LogP contribution in [0.15, 0.2) is 18.2 Å². The van der Waals surface area contributed by atoms with E-state index in [0.717, 1.165) is 12.0 Å². The van der Waals surface area contributed by atoms with Crippen LogP contribution in [-0.2, 0) is 11.2 Å². The fourth-order valence-electron chi connectivity index (χ4n) is 1.90. The van der Waals surface area contributed by atoms with Crippen molar-refractivity contribution in [1.29, 1.82) is 0 Å². The Hall–Kier alpha value is -1.71. The van der Waals surface area contributed by atoms with Gasteiger partial charge >= 0.3 is 5.97 Å². The Morgan fingerprint density at radius 2 is 2.11 bits per heavy atom. The summed E-state index contributed by atoms with van der Waals surface area (Å²) >= 11 is 0. The quantitative estimate of drug-likeness (QED) is 0.783. The van der Waals surface area contributed by atoms with Gasteiger partial charge in [-0.15, -0.1) is 0 Å². The summed E-state index contributed by atoms with van der Waals surface area (Å²) in [6, 6.07) is 5.00. The normalized spacial score (nSPS) is 12.1. The number of hydrogen-bond donors (Lipinski definition) is 2. The van der Waals surface area contributed by atoms with E-state index in [-0.39, 0.29) is 11.7 Å². The summed E-state index contributed by atoms with van der Waals surface area (Å²) in [5, 5.41) is 18.7. The molecule has 1 unspecified atom stereocenters. The molecule has 0 aliphatic rings. The summed E-state index contributed by atoms with van der Waals surface area (Å²) in [7, 11) is 0. The van der Waals surface area contributed by atoms with Crippen molar-refractivity contribution in [3.63, 3.8) is 0 Å². The van der Waals surface area contributed by atoms with Gasteiger partial charge in [-0.3, -0.25) is 4.79 Å². The SMILES string of the molecule is CCCC(Cc1ccc(O)c(OCC)c1)C(=O)O. The first-order valence-electron chi connectivity index (χ1n) is 6.26. The summed E-state index contributed by atoms with van der Waals surface area (Å²) in [5.74, 6) is -0.657. The van der Waals surface area contributed by atoms with Gasteiger partial charge in [-0.25, -0.2) is 0 Å². The van der Waals surface area contributed by atoms with E-state index in [1.165, 1.54) is 0 Å². The molecule has 100 valence electrons. The van der Waals surface area contributed by atoms with Gasteiger partial charge in [0, 0.05) is 0 Å². The highest BCUT2D eigenvalue weighted by Gasteiger charge is 2.17. The second kappa shape index (κ2) is 6.89. The number of benzene rings is 1. The molecule has 0 heterocycles. The summed E-state index contributed by atoms with van der Waals surface area (Å²) in [4.78, 5) is 11.1. The number of phenolic OH excluding ortho intramolecular Hbond substituents is 1. The van der Waals surface area contributed by atoms with Crippen molar-refractivity contribution >= 4 is 5.97 Å². The molecule has 1 aromatic carbocycles. The van der Waals surface area contributed by atoms with Crippen LogP contribution in [0.4, 0.5) is 0 Å². The Morgan fingerprint density at radius 1 is 1.39 bits per heavy atom. The van der Waals surface area contributed by atoms with Crippen molar-refractivity contribution in [2.24, 2.45) is 5.92 Å². The molecule has 4 nitrogen and oxygen atoms in total. The molecule has 0 amide bonds. The summed E-state index contributed by atoms with van der Waals surface area (Å²) in [5.41, 5.74) is 0.872. The van der Waals surface area contributed by atoms with Gasteiger partial charge in [0.15, 0.2) is 11.5 Å². The first-order chi connectivity index (χ1) is 8.58. The van der Waals surface area contributed by atoms with Gasteiger partial charge in [0.25, 0.3) is 0 Å². The highest BCUT2D eigenvalue weighted by Crippen LogP contribution is 2.28. The average molecular weight is 252 g/mol. The summed E-state index contributed by atoms with van der Waals surface area (Å²) in [6.07, 6.45) is 1.96. The number of hydrogen-bond acceptors (Lipinski definition) is 3. The fraction of sp³-hybridized carbons (Fsp3) is 0.500. The maximum atomic E-state index is 11.1. The predicted molar refractivity (Wildman–Crippen MR) is 69.0 cm³/mol. The number of phenols is 1. The lowest BCUT2D eigenvalue weighted by molar-refractivity contribution is -0.141. The topological polar surface area (TPSA) is 66.8 Å². The summed E-state index contributed by atoms with van der Waals surface area (Å²) in [6.45, 7) is 4.27. The Bertz CT molecular complexity index is 401. The number of rotatable bonds is 7. The van der Waals surface area contributed by atoms with Crippen molar-refractivity contribution in [1.82, 2.24) is 0 Å². The van der Waals surface area contributed by atoms with Gasteiger partial charge in [-0.1, -0.05) is 19.4 Å². The molecule has 0 aliphatic carbocycles. The number of aromatic hydroxyl groups is 1. The van der Waals surface area contributed by atoms with Gasteiger partial charge in [0.05, 0.1) is 12.5 Å². The molecule has 18 heavy (non-hydrogen) atoms. The van der Waals surface area contributed by atoms with Crippen LogP contribution in [0, 0.1) is 5.92 Å². The number of ether oxygens (including phenoxy) is 1. The molecular weight excluding hydrogens is 232 g/mol. The maximum absolute atomic E-state index is 11.1. The molecule has 0 fully saturated rings. The third-order valence-corrected chi connectivity index (χ3v) is 2.79. The Labute approximate surface area is 107 Å². The Balaban J connectivity index is 2.82. The van der Waals surface area contributed by atoms with E-state index in [0.29, 0.717) is 25.2 Å². The third-order valence-electron chi connectivity index (χ3n) is 2.79. The van der Waals surface area contributed by atoms with Crippen molar-refractivity contribution in [3.05, 3.63) is 23.8 Å². The second-order valence-corrected chi connectivity index (χ2v) is 4.26. The molecule has 2 N–H and O–H groups in total. The molecule has 1 aromatic rings. The number of carboxylic acids is 1. The van der Waals surface area contributed by atoms with Crippen LogP contribution in [0.5, 0.6) is 11.5 Å². The zero-order valence-electron chi connectivity index (χ0n) is 10.8. The third kappa shape index (κ3) is 3.95. The van der Waals surface area contributed by atoms with Gasteiger partial charge in [-0.2, -0.15) is 0 Å². The first-order valence-corrected chi connectivity index (χ1v) is 6.26. The summed E-state index contributed by atoms with van der Waals surface area (Å²) < 4.78 is 5.28. The Kier molecular flexibility index (Phi) is 5.49. The van der Waals surface area contributed by atoms with Crippen molar-refractivity contribution in [3.8, 4) is 11.5 Å². The van der Waals surface area contributed by atoms with E-state index in [4.69, 9.17) is 9.84 Å². The highest BCUT2D eigenvalue weighted by atomic mass is 16.5. The van der Waals surface area contributed by atoms with E-state index >= 15 is 0 Å². The van der Waals surface area contributed by atoms with E-state index < -0.39 is 5.97 Å². The van der Waals surface area contributed by atoms with Crippen LogP contribution in [0.2, 0.25) is 0 Å². The monoisotopic (exact) mass is 252 g/mol. The smallest absolute Gasteiger partial charge is 0.306 e. The van der Waals surface area contributed by atoms with Crippen LogP contribution in [0.1, 0.15) is 32.3 Å². The molecule has 0 radical (unpaired) electrons. The standard InChI is InChI=1S/C14H20O4/c1-3-5-11(14(16)17)8-10-6-7-12(15)13(9-10)18-4-2/h6-7,9,11,15H,3-5,8H2,1-2H3,(H,16,17). The van der Waals surface area contributed by atoms with Gasteiger partial charge in [0.1, 0.15) is 0 Å². The number of carboxylic acid groups (broad SMARTS) is 1. The van der Waals surface area contributed by atoms with Crippen molar-refractivity contribution in [2.45, 2.75) is 33.1 Å². The van der Waals surface area contributed by atoms with Crippen LogP contribution < -0.4 is 4.74 Å². The molecule has 0 aromatic heterocycles. The van der Waals surface area contributed by atoms with Crippen LogP contribution in [-0.4, -0.2) is 22.8 Å². The van der Waals surface area contributed by atoms with E-state index in [1.54, 1.807) is 18.2 Å². The molecule has 1 rings (SSSR count). The van der Waals surface area contributed by atoms with Crippen LogP contribution in [0.25, 0.3) is 0 Å². The molecule has 4 heteroatoms. The molecule has 0 spiro atoms. The van der Waals surface area contributed by atoms with Crippen LogP contribution >= 0.6 is 0 Å². The van der Waals surface area contributed by atoms with Gasteiger partial charge in [-0.05, 0) is 37.5 Å². The molecule has 0 aliphatic heterocycles. The largest absolute Gasteiger partial charge is 0.504 e. The van der Waals surface area contributed by atoms with E-state index in [1.807, 2.05) is 13.8 Å². The average Bonchev–Trinajstić information content (AvgIpc) is 2.33. The lowest BCUT2D eigenvalue weighted by Gasteiger charge is -2.13. The minimum atomic E-state index is -0.775. The zero-order chi connectivity index (χ0) is 13.5. The number of carbonyl (C=O) groups is 1. The predicted octanol–water partition coefficient (Wildman–Crippen LogP) is 2.83.